The third-order valence-corrected chi connectivity index (χ3v) is 4.26. The molecule has 0 saturated carbocycles. The maximum absolute atomic E-state index is 11.7. The molecule has 1 aromatic rings. The molecule has 0 unspecified atom stereocenters. The number of amides is 1. The molecule has 0 spiro atoms. The number of anilines is 1. The molecule has 1 aliphatic rings. The molecular formula is C11H12ClNO3S. The van der Waals surface area contributed by atoms with Gasteiger partial charge in [-0.15, -0.1) is 0 Å². The van der Waals surface area contributed by atoms with Crippen LogP contribution < -0.4 is 4.90 Å². The predicted molar refractivity (Wildman–Crippen MR) is 65.8 cm³/mol. The Hall–Kier alpha value is -1.07. The van der Waals surface area contributed by atoms with Crippen LogP contribution >= 0.6 is 10.7 Å². The molecule has 0 bridgehead atoms. The number of hydrogen-bond donors (Lipinski definition) is 0. The zero-order valence-electron chi connectivity index (χ0n) is 9.31. The molecule has 0 N–H and O–H groups in total. The van der Waals surface area contributed by atoms with Crippen molar-refractivity contribution in [1.82, 2.24) is 0 Å². The first kappa shape index (κ1) is 12.4. The molecule has 0 atom stereocenters. The van der Waals surface area contributed by atoms with Crippen LogP contribution in [0.15, 0.2) is 23.1 Å². The molecule has 0 fully saturated rings. The highest BCUT2D eigenvalue weighted by Gasteiger charge is 2.21. The third-order valence-electron chi connectivity index (χ3n) is 2.91. The van der Waals surface area contributed by atoms with Crippen LogP contribution in [-0.2, 0) is 20.3 Å². The van der Waals surface area contributed by atoms with Crippen molar-refractivity contribution >= 4 is 31.3 Å². The van der Waals surface area contributed by atoms with E-state index in [1.54, 1.807) is 13.1 Å². The van der Waals surface area contributed by atoms with Gasteiger partial charge in [-0.2, -0.15) is 0 Å². The molecule has 17 heavy (non-hydrogen) atoms. The largest absolute Gasteiger partial charge is 0.315 e. The number of nitrogens with zero attached hydrogens (tertiary/aromatic N) is 1. The lowest BCUT2D eigenvalue weighted by Gasteiger charge is -2.17. The first-order valence-electron chi connectivity index (χ1n) is 5.24. The molecule has 1 amide bonds. The van der Waals surface area contributed by atoms with Gasteiger partial charge in [0.2, 0.25) is 5.91 Å². The van der Waals surface area contributed by atoms with Gasteiger partial charge in [0.05, 0.1) is 4.90 Å². The van der Waals surface area contributed by atoms with Gasteiger partial charge >= 0.3 is 0 Å². The van der Waals surface area contributed by atoms with Gasteiger partial charge in [-0.3, -0.25) is 4.79 Å². The van der Waals surface area contributed by atoms with Gasteiger partial charge in [-0.1, -0.05) is 6.07 Å². The van der Waals surface area contributed by atoms with E-state index in [1.807, 2.05) is 0 Å². The Balaban J connectivity index is 2.57. The van der Waals surface area contributed by atoms with Crippen LogP contribution in [0.3, 0.4) is 0 Å². The van der Waals surface area contributed by atoms with Crippen LogP contribution in [0.25, 0.3) is 0 Å². The number of carbonyl (C=O) groups excluding carboxylic acids is 1. The van der Waals surface area contributed by atoms with Crippen LogP contribution in [0.1, 0.15) is 18.4 Å². The Kier molecular flexibility index (Phi) is 3.14. The fourth-order valence-electron chi connectivity index (χ4n) is 1.95. The van der Waals surface area contributed by atoms with Gasteiger partial charge in [-0.05, 0) is 30.5 Å². The van der Waals surface area contributed by atoms with Gasteiger partial charge < -0.3 is 4.90 Å². The van der Waals surface area contributed by atoms with Gasteiger partial charge in [0.1, 0.15) is 0 Å². The van der Waals surface area contributed by atoms with Gasteiger partial charge in [0, 0.05) is 29.8 Å². The Morgan fingerprint density at radius 1 is 1.29 bits per heavy atom. The summed E-state index contributed by atoms with van der Waals surface area (Å²) >= 11 is 0. The summed E-state index contributed by atoms with van der Waals surface area (Å²) in [5, 5.41) is 0. The molecule has 1 aliphatic heterocycles. The van der Waals surface area contributed by atoms with E-state index >= 15 is 0 Å². The van der Waals surface area contributed by atoms with Crippen molar-refractivity contribution in [3.05, 3.63) is 23.8 Å². The van der Waals surface area contributed by atoms with Crippen LogP contribution in [-0.4, -0.2) is 21.4 Å². The van der Waals surface area contributed by atoms with E-state index in [0.717, 1.165) is 18.4 Å². The van der Waals surface area contributed by atoms with Crippen LogP contribution in [0.5, 0.6) is 0 Å². The van der Waals surface area contributed by atoms with E-state index in [4.69, 9.17) is 10.7 Å². The lowest BCUT2D eigenvalue weighted by molar-refractivity contribution is -0.118. The van der Waals surface area contributed by atoms with Crippen molar-refractivity contribution in [2.75, 3.05) is 11.9 Å². The number of carbonyl (C=O) groups is 1. The molecule has 6 heteroatoms. The normalized spacial score (nSPS) is 16.6. The molecule has 0 aliphatic carbocycles. The fraction of sp³-hybridized carbons (Fsp3) is 0.364. The van der Waals surface area contributed by atoms with Gasteiger partial charge in [-0.25, -0.2) is 8.42 Å². The quantitative estimate of drug-likeness (QED) is 0.735. The third kappa shape index (κ3) is 2.45. The highest BCUT2D eigenvalue weighted by atomic mass is 35.7. The Morgan fingerprint density at radius 3 is 2.65 bits per heavy atom. The number of fused-ring (bicyclic) bond motifs is 1. The minimum absolute atomic E-state index is 0.00660. The summed E-state index contributed by atoms with van der Waals surface area (Å²) in [6, 6.07) is 4.66. The maximum atomic E-state index is 11.7. The molecule has 1 heterocycles. The standard InChI is InChI=1S/C11H12ClNO3S/c1-13-10-7-9(17(12,15)16)6-5-8(10)3-2-4-11(13)14/h5-7H,2-4H2,1H3. The van der Waals surface area contributed by atoms with Gasteiger partial charge in [0.15, 0.2) is 0 Å². The number of hydrogen-bond acceptors (Lipinski definition) is 3. The van der Waals surface area contributed by atoms with Crippen LogP contribution in [0, 0.1) is 0 Å². The van der Waals surface area contributed by atoms with Gasteiger partial charge in [0.25, 0.3) is 9.05 Å². The monoisotopic (exact) mass is 273 g/mol. The summed E-state index contributed by atoms with van der Waals surface area (Å²) < 4.78 is 22.5. The van der Waals surface area contributed by atoms with E-state index in [-0.39, 0.29) is 10.8 Å². The van der Waals surface area contributed by atoms with E-state index in [1.165, 1.54) is 17.0 Å². The topological polar surface area (TPSA) is 54.5 Å². The smallest absolute Gasteiger partial charge is 0.261 e. The second-order valence-corrected chi connectivity index (χ2v) is 6.60. The summed E-state index contributed by atoms with van der Waals surface area (Å²) in [6.07, 6.45) is 2.03. The first-order valence-corrected chi connectivity index (χ1v) is 7.54. The molecule has 2 rings (SSSR count). The SMILES string of the molecule is CN1C(=O)CCCc2ccc(S(=O)(=O)Cl)cc21. The lowest BCUT2D eigenvalue weighted by Crippen LogP contribution is -2.25. The summed E-state index contributed by atoms with van der Waals surface area (Å²) in [5.41, 5.74) is 1.61. The Morgan fingerprint density at radius 2 is 2.00 bits per heavy atom. The molecule has 92 valence electrons. The maximum Gasteiger partial charge on any atom is 0.261 e. The second-order valence-electron chi connectivity index (χ2n) is 4.03. The highest BCUT2D eigenvalue weighted by Crippen LogP contribution is 2.29. The molecule has 4 nitrogen and oxygen atoms in total. The van der Waals surface area contributed by atoms with Crippen molar-refractivity contribution in [3.63, 3.8) is 0 Å². The molecule has 0 saturated heterocycles. The summed E-state index contributed by atoms with van der Waals surface area (Å²) in [5.74, 6) is -0.00660. The zero-order chi connectivity index (χ0) is 12.6. The van der Waals surface area contributed by atoms with E-state index in [9.17, 15) is 13.2 Å². The summed E-state index contributed by atoms with van der Waals surface area (Å²) in [7, 11) is 3.19. The van der Waals surface area contributed by atoms with Crippen molar-refractivity contribution in [3.8, 4) is 0 Å². The van der Waals surface area contributed by atoms with Crippen molar-refractivity contribution in [2.24, 2.45) is 0 Å². The summed E-state index contributed by atoms with van der Waals surface area (Å²) in [6.45, 7) is 0. The van der Waals surface area contributed by atoms with Crippen molar-refractivity contribution < 1.29 is 13.2 Å². The van der Waals surface area contributed by atoms with E-state index in [2.05, 4.69) is 0 Å². The molecule has 1 aromatic carbocycles. The predicted octanol–water partition coefficient (Wildman–Crippen LogP) is 1.91. The lowest BCUT2D eigenvalue weighted by atomic mass is 10.1. The summed E-state index contributed by atoms with van der Waals surface area (Å²) in [4.78, 5) is 13.2. The highest BCUT2D eigenvalue weighted by molar-refractivity contribution is 8.13. The molecule has 0 aromatic heterocycles. The van der Waals surface area contributed by atoms with E-state index < -0.39 is 9.05 Å². The minimum Gasteiger partial charge on any atom is -0.315 e. The fourth-order valence-corrected chi connectivity index (χ4v) is 2.72. The van der Waals surface area contributed by atoms with E-state index in [0.29, 0.717) is 12.1 Å². The second kappa shape index (κ2) is 4.31. The Bertz CT molecular complexity index is 568. The minimum atomic E-state index is -3.75. The first-order chi connectivity index (χ1) is 7.89. The van der Waals surface area contributed by atoms with Crippen LogP contribution in [0.2, 0.25) is 0 Å². The van der Waals surface area contributed by atoms with Crippen molar-refractivity contribution in [2.45, 2.75) is 24.2 Å². The zero-order valence-corrected chi connectivity index (χ0v) is 10.9. The van der Waals surface area contributed by atoms with Crippen LogP contribution in [0.4, 0.5) is 5.69 Å². The molecular weight excluding hydrogens is 262 g/mol. The average molecular weight is 274 g/mol. The number of benzene rings is 1. The van der Waals surface area contributed by atoms with Crippen molar-refractivity contribution in [1.29, 1.82) is 0 Å². The number of rotatable bonds is 1. The number of halogens is 1. The Labute approximate surface area is 105 Å². The molecule has 0 radical (unpaired) electrons. The average Bonchev–Trinajstić information content (AvgIpc) is 2.39. The number of aryl methyl sites for hydroxylation is 1.